The van der Waals surface area contributed by atoms with Crippen molar-refractivity contribution in [2.45, 2.75) is 27.2 Å². The smallest absolute Gasteiger partial charge is 0.171 e. The second-order valence-electron chi connectivity index (χ2n) is 5.02. The van der Waals surface area contributed by atoms with Crippen LogP contribution in [0.25, 0.3) is 10.7 Å². The van der Waals surface area contributed by atoms with Crippen molar-refractivity contribution in [1.82, 2.24) is 9.97 Å². The van der Waals surface area contributed by atoms with E-state index in [0.717, 1.165) is 36.7 Å². The van der Waals surface area contributed by atoms with E-state index < -0.39 is 0 Å². The zero-order valence-corrected chi connectivity index (χ0v) is 16.5. The van der Waals surface area contributed by atoms with Gasteiger partial charge in [0, 0.05) is 16.4 Å². The number of thiophene rings is 1. The third-order valence-electron chi connectivity index (χ3n) is 2.84. The lowest BCUT2D eigenvalue weighted by molar-refractivity contribution is 0.632. The number of nitrogens with one attached hydrogen (secondary N) is 1. The first-order chi connectivity index (χ1) is 9.42. The first-order valence-corrected chi connectivity index (χ1v) is 9.11. The lowest BCUT2D eigenvalue weighted by atomic mass is 10.1. The summed E-state index contributed by atoms with van der Waals surface area (Å²) in [6, 6.07) is 2.10. The standard InChI is InChI=1S/C14H17BrIN3S/c1-7(2)5-10-12(16)14(17-4)19-13(18-10)11-6-9(15)8(3)20-11/h6-7H,5H2,1-4H3,(H,17,18,19). The van der Waals surface area contributed by atoms with Gasteiger partial charge in [-0.2, -0.15) is 0 Å². The van der Waals surface area contributed by atoms with Crippen LogP contribution in [0.4, 0.5) is 5.82 Å². The topological polar surface area (TPSA) is 37.8 Å². The lowest BCUT2D eigenvalue weighted by Crippen LogP contribution is -2.07. The van der Waals surface area contributed by atoms with Gasteiger partial charge in [0.2, 0.25) is 0 Å². The van der Waals surface area contributed by atoms with Crippen molar-refractivity contribution in [2.75, 3.05) is 12.4 Å². The number of hydrogen-bond acceptors (Lipinski definition) is 4. The Kier molecular flexibility index (Phi) is 5.42. The molecule has 0 radical (unpaired) electrons. The maximum atomic E-state index is 4.78. The van der Waals surface area contributed by atoms with Crippen LogP contribution in [0.1, 0.15) is 24.4 Å². The molecule has 2 rings (SSSR count). The summed E-state index contributed by atoms with van der Waals surface area (Å²) < 4.78 is 2.24. The Morgan fingerprint density at radius 2 is 2.10 bits per heavy atom. The summed E-state index contributed by atoms with van der Waals surface area (Å²) in [6.07, 6.45) is 0.966. The molecule has 20 heavy (non-hydrogen) atoms. The summed E-state index contributed by atoms with van der Waals surface area (Å²) in [4.78, 5) is 11.8. The molecule has 2 aromatic heterocycles. The van der Waals surface area contributed by atoms with E-state index in [1.54, 1.807) is 11.3 Å². The van der Waals surface area contributed by atoms with E-state index in [1.165, 1.54) is 4.88 Å². The molecule has 0 aliphatic rings. The van der Waals surface area contributed by atoms with Gasteiger partial charge in [-0.15, -0.1) is 11.3 Å². The Morgan fingerprint density at radius 1 is 1.40 bits per heavy atom. The van der Waals surface area contributed by atoms with Crippen molar-refractivity contribution >= 4 is 55.7 Å². The summed E-state index contributed by atoms with van der Waals surface area (Å²) in [5.74, 6) is 2.30. The number of halogens is 2. The van der Waals surface area contributed by atoms with Crippen LogP contribution in [0, 0.1) is 16.4 Å². The predicted octanol–water partition coefficient (Wildman–Crippen LogP) is 5.12. The molecule has 2 heterocycles. The minimum absolute atomic E-state index is 0.577. The van der Waals surface area contributed by atoms with Crippen molar-refractivity contribution < 1.29 is 0 Å². The number of hydrogen-bond donors (Lipinski definition) is 1. The largest absolute Gasteiger partial charge is 0.372 e. The molecular formula is C14H17BrIN3S. The van der Waals surface area contributed by atoms with E-state index in [2.05, 4.69) is 75.7 Å². The van der Waals surface area contributed by atoms with Gasteiger partial charge in [0.05, 0.1) is 14.1 Å². The molecule has 0 bridgehead atoms. The van der Waals surface area contributed by atoms with Gasteiger partial charge in [-0.3, -0.25) is 0 Å². The highest BCUT2D eigenvalue weighted by molar-refractivity contribution is 14.1. The summed E-state index contributed by atoms with van der Waals surface area (Å²) in [5.41, 5.74) is 1.12. The quantitative estimate of drug-likeness (QED) is 0.636. The van der Waals surface area contributed by atoms with Crippen LogP contribution in [-0.4, -0.2) is 17.0 Å². The highest BCUT2D eigenvalue weighted by Crippen LogP contribution is 2.34. The third-order valence-corrected chi connectivity index (χ3v) is 6.10. The zero-order valence-electron chi connectivity index (χ0n) is 11.9. The van der Waals surface area contributed by atoms with E-state index in [4.69, 9.17) is 4.98 Å². The van der Waals surface area contributed by atoms with Crippen molar-refractivity contribution in [2.24, 2.45) is 5.92 Å². The van der Waals surface area contributed by atoms with Crippen LogP contribution in [0.5, 0.6) is 0 Å². The molecule has 0 aromatic carbocycles. The Hall–Kier alpha value is -0.210. The zero-order chi connectivity index (χ0) is 14.9. The first-order valence-electron chi connectivity index (χ1n) is 6.42. The molecule has 0 unspecified atom stereocenters. The second-order valence-corrected chi connectivity index (χ2v) is 8.21. The molecule has 2 aromatic rings. The number of anilines is 1. The molecule has 0 amide bonds. The number of aryl methyl sites for hydroxylation is 1. The van der Waals surface area contributed by atoms with Gasteiger partial charge in [0.1, 0.15) is 5.82 Å². The Balaban J connectivity index is 2.53. The Morgan fingerprint density at radius 3 is 2.60 bits per heavy atom. The van der Waals surface area contributed by atoms with Crippen LogP contribution in [0.3, 0.4) is 0 Å². The highest BCUT2D eigenvalue weighted by Gasteiger charge is 2.15. The second kappa shape index (κ2) is 6.70. The van der Waals surface area contributed by atoms with E-state index in [-0.39, 0.29) is 0 Å². The van der Waals surface area contributed by atoms with Gasteiger partial charge in [-0.1, -0.05) is 13.8 Å². The average Bonchev–Trinajstić information content (AvgIpc) is 2.71. The highest BCUT2D eigenvalue weighted by atomic mass is 127. The first kappa shape index (κ1) is 16.2. The van der Waals surface area contributed by atoms with Crippen molar-refractivity contribution in [3.05, 3.63) is 24.7 Å². The summed E-state index contributed by atoms with van der Waals surface area (Å²) >= 11 is 7.61. The molecule has 1 N–H and O–H groups in total. The molecular weight excluding hydrogens is 449 g/mol. The summed E-state index contributed by atoms with van der Waals surface area (Å²) in [6.45, 7) is 6.52. The fourth-order valence-corrected chi connectivity index (χ4v) is 4.06. The molecule has 0 atom stereocenters. The normalized spacial score (nSPS) is 11.2. The molecule has 6 heteroatoms. The summed E-state index contributed by atoms with van der Waals surface area (Å²) in [5, 5.41) is 3.17. The van der Waals surface area contributed by atoms with Crippen LogP contribution in [-0.2, 0) is 6.42 Å². The minimum atomic E-state index is 0.577. The van der Waals surface area contributed by atoms with Crippen molar-refractivity contribution in [1.29, 1.82) is 0 Å². The third kappa shape index (κ3) is 3.51. The van der Waals surface area contributed by atoms with E-state index >= 15 is 0 Å². The molecule has 0 fully saturated rings. The predicted molar refractivity (Wildman–Crippen MR) is 98.6 cm³/mol. The fourth-order valence-electron chi connectivity index (χ4n) is 1.86. The molecule has 0 saturated carbocycles. The van der Waals surface area contributed by atoms with Gasteiger partial charge in [0.15, 0.2) is 5.82 Å². The maximum absolute atomic E-state index is 4.78. The molecule has 0 aliphatic carbocycles. The number of aromatic nitrogens is 2. The molecule has 3 nitrogen and oxygen atoms in total. The van der Waals surface area contributed by atoms with Crippen molar-refractivity contribution in [3.8, 4) is 10.7 Å². The fraction of sp³-hybridized carbons (Fsp3) is 0.429. The van der Waals surface area contributed by atoms with E-state index in [1.807, 2.05) is 7.05 Å². The van der Waals surface area contributed by atoms with Gasteiger partial charge in [0.25, 0.3) is 0 Å². The molecule has 108 valence electrons. The molecule has 0 aliphatic heterocycles. The Labute approximate surface area is 145 Å². The van der Waals surface area contributed by atoms with Crippen LogP contribution in [0.15, 0.2) is 10.5 Å². The number of nitrogens with zero attached hydrogens (tertiary/aromatic N) is 2. The van der Waals surface area contributed by atoms with Crippen LogP contribution < -0.4 is 5.32 Å². The molecule has 0 saturated heterocycles. The Bertz CT molecular complexity index is 606. The monoisotopic (exact) mass is 465 g/mol. The van der Waals surface area contributed by atoms with E-state index in [0.29, 0.717) is 5.92 Å². The van der Waals surface area contributed by atoms with Crippen LogP contribution in [0.2, 0.25) is 0 Å². The van der Waals surface area contributed by atoms with Crippen molar-refractivity contribution in [3.63, 3.8) is 0 Å². The average molecular weight is 466 g/mol. The van der Waals surface area contributed by atoms with Crippen LogP contribution >= 0.6 is 49.9 Å². The lowest BCUT2D eigenvalue weighted by Gasteiger charge is -2.12. The summed E-state index contributed by atoms with van der Waals surface area (Å²) in [7, 11) is 1.91. The SMILES string of the molecule is CNc1nc(-c2cc(Br)c(C)s2)nc(CC(C)C)c1I. The maximum Gasteiger partial charge on any atom is 0.171 e. The molecule has 0 spiro atoms. The van der Waals surface area contributed by atoms with Gasteiger partial charge in [-0.05, 0) is 63.8 Å². The van der Waals surface area contributed by atoms with Gasteiger partial charge >= 0.3 is 0 Å². The van der Waals surface area contributed by atoms with Gasteiger partial charge < -0.3 is 5.32 Å². The van der Waals surface area contributed by atoms with E-state index in [9.17, 15) is 0 Å². The number of rotatable bonds is 4. The minimum Gasteiger partial charge on any atom is -0.372 e. The van der Waals surface area contributed by atoms with Gasteiger partial charge in [-0.25, -0.2) is 9.97 Å².